The molecule has 0 aromatic heterocycles. The molecule has 0 fully saturated rings. The van der Waals surface area contributed by atoms with Crippen LogP contribution in [-0.2, 0) is 32.0 Å². The molecule has 8 nitrogen and oxygen atoms in total. The topological polar surface area (TPSA) is 148 Å². The van der Waals surface area contributed by atoms with Crippen molar-refractivity contribution in [1.82, 2.24) is 0 Å². The summed E-state index contributed by atoms with van der Waals surface area (Å²) in [5, 5.41) is 0. The third-order valence-electron chi connectivity index (χ3n) is 5.23. The number of rotatable bonds is 10. The first-order chi connectivity index (χ1) is 15.2. The standard InChI is InChI=1S/C24H31N3O5/c1-3-15(2)21(27)24(30)31-18-11-9-17(10-12-18)14-20(26)23(29)32-22(28)19(25)13-16-7-5-4-6-8-16/h4-12,15,19-21H,3,13-14,25-27H2,1-2H3/t15-,19-,20-,21-/m0/s1. The molecule has 0 saturated carbocycles. The SMILES string of the molecule is CC[C@H](C)[C@H](N)C(=O)Oc1ccc(C[C@H](N)C(=O)OC(=O)[C@@H](N)Cc2ccccc2)cc1. The van der Waals surface area contributed by atoms with Gasteiger partial charge in [-0.15, -0.1) is 0 Å². The molecule has 0 aliphatic heterocycles. The van der Waals surface area contributed by atoms with Gasteiger partial charge in [-0.2, -0.15) is 0 Å². The molecule has 172 valence electrons. The molecule has 2 aromatic carbocycles. The minimum Gasteiger partial charge on any atom is -0.425 e. The van der Waals surface area contributed by atoms with Gasteiger partial charge in [0.1, 0.15) is 23.9 Å². The lowest BCUT2D eigenvalue weighted by Crippen LogP contribution is -2.41. The van der Waals surface area contributed by atoms with Gasteiger partial charge in [0.05, 0.1) is 0 Å². The molecule has 2 rings (SSSR count). The second kappa shape index (κ2) is 12.1. The number of hydrogen-bond donors (Lipinski definition) is 3. The number of ether oxygens (including phenoxy) is 2. The van der Waals surface area contributed by atoms with Gasteiger partial charge in [0, 0.05) is 0 Å². The minimum atomic E-state index is -1.05. The van der Waals surface area contributed by atoms with E-state index in [0.717, 1.165) is 12.0 Å². The maximum absolute atomic E-state index is 12.2. The van der Waals surface area contributed by atoms with E-state index in [1.165, 1.54) is 0 Å². The molecule has 0 unspecified atom stereocenters. The number of benzene rings is 2. The van der Waals surface area contributed by atoms with Gasteiger partial charge in [0.25, 0.3) is 0 Å². The van der Waals surface area contributed by atoms with Gasteiger partial charge in [-0.25, -0.2) is 14.4 Å². The monoisotopic (exact) mass is 441 g/mol. The van der Waals surface area contributed by atoms with Gasteiger partial charge < -0.3 is 26.7 Å². The van der Waals surface area contributed by atoms with Crippen molar-refractivity contribution >= 4 is 17.9 Å². The summed E-state index contributed by atoms with van der Waals surface area (Å²) < 4.78 is 10.1. The fraction of sp³-hybridized carbons (Fsp3) is 0.375. The Balaban J connectivity index is 1.84. The second-order valence-electron chi connectivity index (χ2n) is 7.82. The summed E-state index contributed by atoms with van der Waals surface area (Å²) >= 11 is 0. The average Bonchev–Trinajstić information content (AvgIpc) is 2.79. The normalized spacial score (nSPS) is 14.7. The zero-order chi connectivity index (χ0) is 23.7. The number of carbonyl (C=O) groups excluding carboxylic acids is 3. The van der Waals surface area contributed by atoms with E-state index in [4.69, 9.17) is 26.7 Å². The van der Waals surface area contributed by atoms with E-state index in [0.29, 0.717) is 11.3 Å². The number of carbonyl (C=O) groups is 3. The van der Waals surface area contributed by atoms with Crippen molar-refractivity contribution in [2.75, 3.05) is 0 Å². The van der Waals surface area contributed by atoms with Crippen molar-refractivity contribution in [2.24, 2.45) is 23.1 Å². The second-order valence-corrected chi connectivity index (χ2v) is 7.82. The van der Waals surface area contributed by atoms with Crippen LogP contribution in [0.25, 0.3) is 0 Å². The van der Waals surface area contributed by atoms with Gasteiger partial charge >= 0.3 is 17.9 Å². The van der Waals surface area contributed by atoms with Gasteiger partial charge in [-0.05, 0) is 42.0 Å². The maximum atomic E-state index is 12.2. The van der Waals surface area contributed by atoms with E-state index in [-0.39, 0.29) is 18.8 Å². The Kier molecular flexibility index (Phi) is 9.52. The first kappa shape index (κ1) is 25.2. The summed E-state index contributed by atoms with van der Waals surface area (Å²) in [4.78, 5) is 36.4. The van der Waals surface area contributed by atoms with Crippen LogP contribution in [-0.4, -0.2) is 36.0 Å². The van der Waals surface area contributed by atoms with Gasteiger partial charge in [-0.1, -0.05) is 62.7 Å². The summed E-state index contributed by atoms with van der Waals surface area (Å²) in [6.45, 7) is 3.83. The summed E-state index contributed by atoms with van der Waals surface area (Å²) in [6.07, 6.45) is 1.16. The molecule has 8 heteroatoms. The molecule has 0 bridgehead atoms. The van der Waals surface area contributed by atoms with Crippen molar-refractivity contribution in [1.29, 1.82) is 0 Å². The van der Waals surface area contributed by atoms with Crippen LogP contribution in [0.2, 0.25) is 0 Å². The van der Waals surface area contributed by atoms with E-state index in [1.807, 2.05) is 44.2 Å². The van der Waals surface area contributed by atoms with Crippen LogP contribution in [0, 0.1) is 5.92 Å². The predicted molar refractivity (Wildman–Crippen MR) is 120 cm³/mol. The molecule has 0 aliphatic rings. The Morgan fingerprint density at radius 3 is 1.78 bits per heavy atom. The first-order valence-electron chi connectivity index (χ1n) is 10.6. The van der Waals surface area contributed by atoms with Crippen LogP contribution < -0.4 is 21.9 Å². The molecule has 0 heterocycles. The number of esters is 3. The zero-order valence-corrected chi connectivity index (χ0v) is 18.4. The third kappa shape index (κ3) is 7.56. The highest BCUT2D eigenvalue weighted by atomic mass is 16.6. The molecule has 0 spiro atoms. The van der Waals surface area contributed by atoms with Gasteiger partial charge in [-0.3, -0.25) is 0 Å². The highest BCUT2D eigenvalue weighted by Crippen LogP contribution is 2.16. The first-order valence-corrected chi connectivity index (χ1v) is 10.6. The molecule has 4 atom stereocenters. The Morgan fingerprint density at radius 1 is 0.781 bits per heavy atom. The lowest BCUT2D eigenvalue weighted by atomic mass is 10.0. The minimum absolute atomic E-state index is 0.00862. The van der Waals surface area contributed by atoms with Crippen molar-refractivity contribution in [3.8, 4) is 5.75 Å². The van der Waals surface area contributed by atoms with Crippen LogP contribution in [0.1, 0.15) is 31.4 Å². The Labute approximate surface area is 188 Å². The predicted octanol–water partition coefficient (Wildman–Crippen LogP) is 1.48. The van der Waals surface area contributed by atoms with E-state index >= 15 is 0 Å². The molecule has 0 saturated heterocycles. The van der Waals surface area contributed by atoms with Crippen molar-refractivity contribution in [3.05, 3.63) is 65.7 Å². The Hall–Kier alpha value is -3.07. The number of nitrogens with two attached hydrogens (primary N) is 3. The van der Waals surface area contributed by atoms with Crippen molar-refractivity contribution < 1.29 is 23.9 Å². The highest BCUT2D eigenvalue weighted by Gasteiger charge is 2.24. The molecule has 0 amide bonds. The van der Waals surface area contributed by atoms with E-state index in [9.17, 15) is 14.4 Å². The fourth-order valence-electron chi connectivity index (χ4n) is 2.90. The van der Waals surface area contributed by atoms with Crippen LogP contribution in [0.5, 0.6) is 5.75 Å². The average molecular weight is 442 g/mol. The number of hydrogen-bond acceptors (Lipinski definition) is 8. The highest BCUT2D eigenvalue weighted by molar-refractivity contribution is 5.91. The van der Waals surface area contributed by atoms with Crippen molar-refractivity contribution in [3.63, 3.8) is 0 Å². The summed E-state index contributed by atoms with van der Waals surface area (Å²) in [5.74, 6) is -1.83. The Morgan fingerprint density at radius 2 is 1.28 bits per heavy atom. The van der Waals surface area contributed by atoms with Crippen LogP contribution in [0.3, 0.4) is 0 Å². The molecule has 32 heavy (non-hydrogen) atoms. The molecule has 6 N–H and O–H groups in total. The van der Waals surface area contributed by atoms with E-state index < -0.39 is 36.0 Å². The van der Waals surface area contributed by atoms with Gasteiger partial charge in [0.15, 0.2) is 0 Å². The van der Waals surface area contributed by atoms with Crippen LogP contribution in [0.15, 0.2) is 54.6 Å². The van der Waals surface area contributed by atoms with Crippen LogP contribution >= 0.6 is 0 Å². The largest absolute Gasteiger partial charge is 0.425 e. The molecular formula is C24H31N3O5. The Bertz CT molecular complexity index is 902. The molecule has 0 radical (unpaired) electrons. The molecule has 0 aliphatic carbocycles. The summed E-state index contributed by atoms with van der Waals surface area (Å²) in [6, 6.07) is 13.0. The third-order valence-corrected chi connectivity index (χ3v) is 5.23. The van der Waals surface area contributed by atoms with Gasteiger partial charge in [0.2, 0.25) is 0 Å². The quantitative estimate of drug-likeness (QED) is 0.285. The van der Waals surface area contributed by atoms with Crippen LogP contribution in [0.4, 0.5) is 0 Å². The molecular weight excluding hydrogens is 410 g/mol. The zero-order valence-electron chi connectivity index (χ0n) is 18.4. The smallest absolute Gasteiger partial charge is 0.330 e. The maximum Gasteiger partial charge on any atom is 0.330 e. The fourth-order valence-corrected chi connectivity index (χ4v) is 2.90. The molecule has 2 aromatic rings. The van der Waals surface area contributed by atoms with E-state index in [1.54, 1.807) is 24.3 Å². The lowest BCUT2D eigenvalue weighted by Gasteiger charge is -2.17. The van der Waals surface area contributed by atoms with Crippen molar-refractivity contribution in [2.45, 2.75) is 51.2 Å². The van der Waals surface area contributed by atoms with E-state index in [2.05, 4.69) is 0 Å². The summed E-state index contributed by atoms with van der Waals surface area (Å²) in [7, 11) is 0. The lowest BCUT2D eigenvalue weighted by molar-refractivity contribution is -0.161. The summed E-state index contributed by atoms with van der Waals surface area (Å²) in [5.41, 5.74) is 19.2.